The van der Waals surface area contributed by atoms with Gasteiger partial charge >= 0.3 is 0 Å². The maximum absolute atomic E-state index is 13.7. The Bertz CT molecular complexity index is 2030. The molecule has 1 heterocycles. The molecule has 0 aromatic heterocycles. The van der Waals surface area contributed by atoms with E-state index in [2.05, 4.69) is 21.3 Å². The van der Waals surface area contributed by atoms with Crippen molar-refractivity contribution in [3.8, 4) is 33.8 Å². The third-order valence-corrected chi connectivity index (χ3v) is 8.72. The second-order valence-electron chi connectivity index (χ2n) is 12.3. The second-order valence-corrected chi connectivity index (χ2v) is 12.7. The lowest BCUT2D eigenvalue weighted by atomic mass is 9.94. The van der Waals surface area contributed by atoms with E-state index in [1.54, 1.807) is 42.5 Å². The second kappa shape index (κ2) is 16.2. The van der Waals surface area contributed by atoms with E-state index in [-0.39, 0.29) is 46.9 Å². The third kappa shape index (κ3) is 8.92. The molecule has 4 aromatic rings. The van der Waals surface area contributed by atoms with E-state index in [0.29, 0.717) is 16.1 Å². The zero-order chi connectivity index (χ0) is 37.5. The van der Waals surface area contributed by atoms with Crippen molar-refractivity contribution in [2.24, 2.45) is 0 Å². The molecule has 268 valence electrons. The lowest BCUT2D eigenvalue weighted by Crippen LogP contribution is -2.52. The number of ketones is 1. The minimum absolute atomic E-state index is 0.0464. The van der Waals surface area contributed by atoms with Gasteiger partial charge in [-0.05, 0) is 77.7 Å². The molecule has 2 unspecified atom stereocenters. The van der Waals surface area contributed by atoms with Gasteiger partial charge in [0.1, 0.15) is 29.4 Å². The van der Waals surface area contributed by atoms with E-state index in [1.165, 1.54) is 44.3 Å². The number of rotatable bonds is 8. The molecule has 4 bridgehead atoms. The lowest BCUT2D eigenvalue weighted by Gasteiger charge is -2.29. The highest BCUT2D eigenvalue weighted by molar-refractivity contribution is 6.30. The van der Waals surface area contributed by atoms with Crippen LogP contribution < -0.4 is 21.3 Å². The number of nitrogens with zero attached hydrogens (tertiary/aromatic N) is 1. The van der Waals surface area contributed by atoms with E-state index < -0.39 is 54.7 Å². The molecule has 4 aromatic carbocycles. The average Bonchev–Trinajstić information content (AvgIpc) is 3.13. The number of carbonyl (C=O) groups excluding carboxylic acids is 6. The molecule has 0 spiro atoms. The summed E-state index contributed by atoms with van der Waals surface area (Å²) in [4.78, 5) is 78.8. The summed E-state index contributed by atoms with van der Waals surface area (Å²) in [6.07, 6.45) is -0.0464. The molecule has 0 saturated carbocycles. The van der Waals surface area contributed by atoms with Gasteiger partial charge in [-0.15, -0.1) is 0 Å². The van der Waals surface area contributed by atoms with Crippen LogP contribution in [0.15, 0.2) is 84.9 Å². The number of aromatic hydroxyl groups is 2. The molecule has 52 heavy (non-hydrogen) atoms. The van der Waals surface area contributed by atoms with Gasteiger partial charge in [-0.3, -0.25) is 28.8 Å². The molecule has 2 atom stereocenters. The molecule has 14 heteroatoms. The van der Waals surface area contributed by atoms with Gasteiger partial charge in [-0.1, -0.05) is 48.0 Å². The predicted octanol–water partition coefficient (Wildman–Crippen LogP) is 2.88. The third-order valence-electron chi connectivity index (χ3n) is 8.47. The number of amides is 5. The highest BCUT2D eigenvalue weighted by Crippen LogP contribution is 2.38. The number of hydrogen-bond acceptors (Lipinski definition) is 8. The van der Waals surface area contributed by atoms with Crippen molar-refractivity contribution in [1.82, 2.24) is 26.2 Å². The first kappa shape index (κ1) is 37.1. The molecular formula is C38H36ClN5O8. The van der Waals surface area contributed by atoms with Crippen molar-refractivity contribution in [3.63, 3.8) is 0 Å². The SMILES string of the molecule is CC(=O)CNC(=O)C1Cc2ccc(O)c(c2)-c2cc(ccc2O)C(N(C)C(=O)CNC(=O)c2ccc(-c3ccc(Cl)cc3)cc2)C(=O)NCC(=O)N1. The zero-order valence-electron chi connectivity index (χ0n) is 28.2. The van der Waals surface area contributed by atoms with Crippen LogP contribution in [-0.4, -0.2) is 83.2 Å². The molecule has 1 aliphatic heterocycles. The molecule has 0 aliphatic carbocycles. The van der Waals surface area contributed by atoms with E-state index in [9.17, 15) is 39.0 Å². The number of phenols is 2. The molecule has 0 saturated heterocycles. The van der Waals surface area contributed by atoms with E-state index >= 15 is 0 Å². The number of phenolic OH excluding ortho intramolecular Hbond substituents is 2. The fourth-order valence-corrected chi connectivity index (χ4v) is 5.81. The van der Waals surface area contributed by atoms with Crippen molar-refractivity contribution in [2.75, 3.05) is 26.7 Å². The molecule has 5 amide bonds. The zero-order valence-corrected chi connectivity index (χ0v) is 29.0. The Balaban J connectivity index is 1.39. The normalized spacial score (nSPS) is 15.7. The molecule has 13 nitrogen and oxygen atoms in total. The maximum atomic E-state index is 13.7. The first-order valence-electron chi connectivity index (χ1n) is 16.2. The van der Waals surface area contributed by atoms with E-state index in [1.807, 2.05) is 12.1 Å². The van der Waals surface area contributed by atoms with Crippen molar-refractivity contribution < 1.29 is 39.0 Å². The van der Waals surface area contributed by atoms with Gasteiger partial charge in [-0.2, -0.15) is 0 Å². The van der Waals surface area contributed by atoms with Crippen molar-refractivity contribution in [1.29, 1.82) is 0 Å². The standard InChI is InChI=1S/C38H36ClN5O8/c1-21(45)18-40-37(51)30-16-22-3-13-31(46)28(15-22)29-17-26(10-14-32(29)47)35(38(52)41-19-33(48)43-30)44(2)34(49)20-42-36(50)25-6-4-23(5-7-25)24-8-11-27(39)12-9-24/h3-15,17,30,35,46-47H,16,18-20H2,1-2H3,(H,40,51)(H,41,52)(H,42,50)(H,43,48). The largest absolute Gasteiger partial charge is 0.507 e. The molecular weight excluding hydrogens is 690 g/mol. The van der Waals surface area contributed by atoms with Gasteiger partial charge in [0, 0.05) is 35.2 Å². The number of halogens is 1. The van der Waals surface area contributed by atoms with E-state index in [4.69, 9.17) is 11.6 Å². The summed E-state index contributed by atoms with van der Waals surface area (Å²) in [5.74, 6) is -4.10. The monoisotopic (exact) mass is 725 g/mol. The van der Waals surface area contributed by atoms with Crippen LogP contribution in [0.3, 0.4) is 0 Å². The number of carbonyl (C=O) groups is 6. The Morgan fingerprint density at radius 3 is 2.10 bits per heavy atom. The molecule has 1 aliphatic rings. The highest BCUT2D eigenvalue weighted by Gasteiger charge is 2.31. The number of hydrogen-bond donors (Lipinski definition) is 6. The summed E-state index contributed by atoms with van der Waals surface area (Å²) in [5, 5.41) is 32.4. The van der Waals surface area contributed by atoms with Crippen LogP contribution in [0.1, 0.15) is 34.5 Å². The van der Waals surface area contributed by atoms with Gasteiger partial charge in [0.15, 0.2) is 0 Å². The molecule has 0 fully saturated rings. The Morgan fingerprint density at radius 2 is 1.44 bits per heavy atom. The smallest absolute Gasteiger partial charge is 0.251 e. The van der Waals surface area contributed by atoms with Crippen LogP contribution in [0.25, 0.3) is 22.3 Å². The fraction of sp³-hybridized carbons (Fsp3) is 0.211. The summed E-state index contributed by atoms with van der Waals surface area (Å²) in [7, 11) is 1.35. The van der Waals surface area contributed by atoms with Gasteiger partial charge in [-0.25, -0.2) is 0 Å². The Kier molecular flexibility index (Phi) is 11.6. The average molecular weight is 726 g/mol. The number of nitrogens with one attached hydrogen (secondary N) is 4. The lowest BCUT2D eigenvalue weighted by molar-refractivity contribution is -0.139. The van der Waals surface area contributed by atoms with Crippen LogP contribution in [0.2, 0.25) is 5.02 Å². The van der Waals surface area contributed by atoms with Gasteiger partial charge in [0.25, 0.3) is 5.91 Å². The van der Waals surface area contributed by atoms with Crippen molar-refractivity contribution >= 4 is 46.9 Å². The van der Waals surface area contributed by atoms with Crippen molar-refractivity contribution in [2.45, 2.75) is 25.4 Å². The first-order valence-corrected chi connectivity index (χ1v) is 16.6. The van der Waals surface area contributed by atoms with Gasteiger partial charge in [0.05, 0.1) is 19.6 Å². The topological polar surface area (TPSA) is 194 Å². The fourth-order valence-electron chi connectivity index (χ4n) is 5.69. The van der Waals surface area contributed by atoms with Crippen LogP contribution in [0.4, 0.5) is 0 Å². The summed E-state index contributed by atoms with van der Waals surface area (Å²) < 4.78 is 0. The number of fused-ring (bicyclic) bond motifs is 5. The van der Waals surface area contributed by atoms with E-state index in [0.717, 1.165) is 16.0 Å². The molecule has 0 radical (unpaired) electrons. The van der Waals surface area contributed by atoms with Crippen LogP contribution >= 0.6 is 11.6 Å². The van der Waals surface area contributed by atoms with Crippen LogP contribution in [0.5, 0.6) is 11.5 Å². The quantitative estimate of drug-likeness (QED) is 0.160. The number of likely N-dealkylation sites (N-methyl/N-ethyl adjacent to an activating group) is 1. The Hall–Kier alpha value is -6.21. The van der Waals surface area contributed by atoms with Gasteiger partial charge < -0.3 is 36.4 Å². The van der Waals surface area contributed by atoms with Crippen LogP contribution in [-0.2, 0) is 30.4 Å². The molecule has 5 rings (SSSR count). The minimum atomic E-state index is -1.36. The number of Topliss-reactive ketones (excluding diaryl/α,β-unsaturated/α-hetero) is 1. The van der Waals surface area contributed by atoms with Gasteiger partial charge in [0.2, 0.25) is 23.6 Å². The summed E-state index contributed by atoms with van der Waals surface area (Å²) in [6, 6.07) is 20.1. The molecule has 6 N–H and O–H groups in total. The van der Waals surface area contributed by atoms with Crippen molar-refractivity contribution in [3.05, 3.63) is 107 Å². The Morgan fingerprint density at radius 1 is 0.827 bits per heavy atom. The summed E-state index contributed by atoms with van der Waals surface area (Å²) >= 11 is 5.97. The summed E-state index contributed by atoms with van der Waals surface area (Å²) in [5.41, 5.74) is 3.08. The predicted molar refractivity (Wildman–Crippen MR) is 192 cm³/mol. The highest BCUT2D eigenvalue weighted by atomic mass is 35.5. The minimum Gasteiger partial charge on any atom is -0.507 e. The summed E-state index contributed by atoms with van der Waals surface area (Å²) in [6.45, 7) is -0.0166. The first-order chi connectivity index (χ1) is 24.8. The Labute approximate surface area is 304 Å². The maximum Gasteiger partial charge on any atom is 0.251 e. The van der Waals surface area contributed by atoms with Crippen LogP contribution in [0, 0.1) is 0 Å². The number of benzene rings is 4.